The third-order valence-electron chi connectivity index (χ3n) is 4.05. The second kappa shape index (κ2) is 5.99. The van der Waals surface area contributed by atoms with E-state index in [1.54, 1.807) is 11.9 Å². The maximum Gasteiger partial charge on any atom is 0.229 e. The van der Waals surface area contributed by atoms with E-state index >= 15 is 0 Å². The first-order valence-electron chi connectivity index (χ1n) is 6.63. The van der Waals surface area contributed by atoms with Gasteiger partial charge >= 0.3 is 0 Å². The molecule has 0 aromatic rings. The van der Waals surface area contributed by atoms with Crippen molar-refractivity contribution in [2.45, 2.75) is 38.7 Å². The van der Waals surface area contributed by atoms with Crippen molar-refractivity contribution in [3.63, 3.8) is 0 Å². The van der Waals surface area contributed by atoms with Gasteiger partial charge in [0.15, 0.2) is 0 Å². The fraction of sp³-hybridized carbons (Fsp3) is 0.923. The Morgan fingerprint density at radius 2 is 2.06 bits per heavy atom. The number of hydrogen-bond donors (Lipinski definition) is 2. The Kier molecular flexibility index (Phi) is 5.13. The Labute approximate surface area is 109 Å². The fourth-order valence-electron chi connectivity index (χ4n) is 2.27. The molecule has 5 heteroatoms. The number of nitrogens with zero attached hydrogens (tertiary/aromatic N) is 1. The summed E-state index contributed by atoms with van der Waals surface area (Å²) >= 11 is 0. The van der Waals surface area contributed by atoms with Crippen molar-refractivity contribution in [2.24, 2.45) is 11.1 Å². The molecule has 3 N–H and O–H groups in total. The minimum Gasteiger partial charge on any atom is -0.388 e. The summed E-state index contributed by atoms with van der Waals surface area (Å²) in [6.45, 7) is 5.63. The molecule has 1 atom stereocenters. The van der Waals surface area contributed by atoms with Gasteiger partial charge in [0.2, 0.25) is 5.91 Å². The normalized spacial score (nSPS) is 22.3. The highest BCUT2D eigenvalue weighted by molar-refractivity contribution is 5.82. The molecule has 18 heavy (non-hydrogen) atoms. The number of ether oxygens (including phenoxy) is 1. The lowest BCUT2D eigenvalue weighted by Gasteiger charge is -2.38. The molecule has 0 radical (unpaired) electrons. The highest BCUT2D eigenvalue weighted by Crippen LogP contribution is 2.26. The summed E-state index contributed by atoms with van der Waals surface area (Å²) in [5.41, 5.74) is 4.35. The summed E-state index contributed by atoms with van der Waals surface area (Å²) in [6.07, 6.45) is 1.86. The van der Waals surface area contributed by atoms with E-state index in [0.717, 1.165) is 0 Å². The molecule has 1 aliphatic rings. The van der Waals surface area contributed by atoms with Crippen molar-refractivity contribution in [3.8, 4) is 0 Å². The second-order valence-corrected chi connectivity index (χ2v) is 5.62. The van der Waals surface area contributed by atoms with Crippen molar-refractivity contribution in [1.82, 2.24) is 4.90 Å². The molecule has 1 amide bonds. The Balaban J connectivity index is 2.64. The van der Waals surface area contributed by atoms with Gasteiger partial charge in [0.25, 0.3) is 0 Å². The van der Waals surface area contributed by atoms with E-state index in [0.29, 0.717) is 45.6 Å². The average molecular weight is 258 g/mol. The Hall–Kier alpha value is -0.650. The van der Waals surface area contributed by atoms with Crippen LogP contribution in [0.4, 0.5) is 0 Å². The van der Waals surface area contributed by atoms with Crippen LogP contribution in [-0.2, 0) is 9.53 Å². The summed E-state index contributed by atoms with van der Waals surface area (Å²) in [6, 6.07) is 0. The topological polar surface area (TPSA) is 75.8 Å². The third kappa shape index (κ3) is 3.43. The maximum atomic E-state index is 12.3. The largest absolute Gasteiger partial charge is 0.388 e. The number of likely N-dealkylation sites (N-methyl/N-ethyl adjacent to an activating group) is 1. The van der Waals surface area contributed by atoms with Crippen LogP contribution in [0.3, 0.4) is 0 Å². The van der Waals surface area contributed by atoms with Gasteiger partial charge < -0.3 is 20.5 Å². The van der Waals surface area contributed by atoms with Crippen molar-refractivity contribution in [3.05, 3.63) is 0 Å². The number of hydrogen-bond acceptors (Lipinski definition) is 4. The highest BCUT2D eigenvalue weighted by atomic mass is 16.5. The van der Waals surface area contributed by atoms with Crippen LogP contribution in [0.1, 0.15) is 33.1 Å². The second-order valence-electron chi connectivity index (χ2n) is 5.62. The maximum absolute atomic E-state index is 12.3. The van der Waals surface area contributed by atoms with Gasteiger partial charge in [0, 0.05) is 46.2 Å². The lowest BCUT2D eigenvalue weighted by Crippen LogP contribution is -2.52. The molecule has 1 heterocycles. The van der Waals surface area contributed by atoms with E-state index in [1.807, 2.05) is 13.8 Å². The van der Waals surface area contributed by atoms with Crippen LogP contribution in [-0.4, -0.2) is 54.9 Å². The molecule has 1 fully saturated rings. The molecule has 1 aliphatic heterocycles. The first-order chi connectivity index (χ1) is 8.37. The molecule has 1 saturated heterocycles. The number of nitrogens with two attached hydrogens (primary N) is 1. The first kappa shape index (κ1) is 15.4. The third-order valence-corrected chi connectivity index (χ3v) is 4.05. The van der Waals surface area contributed by atoms with E-state index in [1.165, 1.54) is 0 Å². The number of amides is 1. The molecule has 106 valence electrons. The first-order valence-corrected chi connectivity index (χ1v) is 6.63. The highest BCUT2D eigenvalue weighted by Gasteiger charge is 2.37. The zero-order valence-electron chi connectivity index (χ0n) is 11.7. The molecule has 0 aromatic heterocycles. The predicted molar refractivity (Wildman–Crippen MR) is 70.1 cm³/mol. The van der Waals surface area contributed by atoms with Crippen LogP contribution in [0.5, 0.6) is 0 Å². The summed E-state index contributed by atoms with van der Waals surface area (Å²) in [5.74, 6) is 0.00687. The number of carbonyl (C=O) groups excluding carboxylic acids is 1. The average Bonchev–Trinajstić information content (AvgIpc) is 2.37. The van der Waals surface area contributed by atoms with Crippen LogP contribution in [0.2, 0.25) is 0 Å². The predicted octanol–water partition coefficient (Wildman–Crippen LogP) is 0.361. The van der Waals surface area contributed by atoms with E-state index in [-0.39, 0.29) is 5.91 Å². The number of carbonyl (C=O) groups is 1. The van der Waals surface area contributed by atoms with E-state index < -0.39 is 11.0 Å². The van der Waals surface area contributed by atoms with Crippen LogP contribution >= 0.6 is 0 Å². The van der Waals surface area contributed by atoms with Crippen molar-refractivity contribution < 1.29 is 14.6 Å². The Bertz CT molecular complexity index is 284. The molecule has 0 spiro atoms. The minimum absolute atomic E-state index is 0.00687. The van der Waals surface area contributed by atoms with Crippen LogP contribution in [0, 0.1) is 5.41 Å². The van der Waals surface area contributed by atoms with Gasteiger partial charge in [0.1, 0.15) is 0 Å². The molecule has 5 nitrogen and oxygen atoms in total. The van der Waals surface area contributed by atoms with Crippen LogP contribution in [0.25, 0.3) is 0 Å². The Morgan fingerprint density at radius 1 is 1.50 bits per heavy atom. The zero-order chi connectivity index (χ0) is 13.8. The summed E-state index contributed by atoms with van der Waals surface area (Å²) in [7, 11) is 1.74. The van der Waals surface area contributed by atoms with Gasteiger partial charge in [-0.1, -0.05) is 6.92 Å². The number of rotatable bonds is 5. The van der Waals surface area contributed by atoms with Crippen LogP contribution < -0.4 is 5.73 Å². The summed E-state index contributed by atoms with van der Waals surface area (Å²) < 4.78 is 5.23. The van der Waals surface area contributed by atoms with E-state index in [9.17, 15) is 9.90 Å². The monoisotopic (exact) mass is 258 g/mol. The lowest BCUT2D eigenvalue weighted by molar-refractivity contribution is -0.146. The van der Waals surface area contributed by atoms with Crippen molar-refractivity contribution in [1.29, 1.82) is 0 Å². The van der Waals surface area contributed by atoms with Gasteiger partial charge in [-0.2, -0.15) is 0 Å². The van der Waals surface area contributed by atoms with Gasteiger partial charge in [-0.25, -0.2) is 0 Å². The van der Waals surface area contributed by atoms with Gasteiger partial charge in [-0.3, -0.25) is 4.79 Å². The van der Waals surface area contributed by atoms with E-state index in [4.69, 9.17) is 10.5 Å². The van der Waals surface area contributed by atoms with Gasteiger partial charge in [-0.05, 0) is 13.3 Å². The molecule has 0 aliphatic carbocycles. The van der Waals surface area contributed by atoms with Gasteiger partial charge in [-0.15, -0.1) is 0 Å². The number of aliphatic hydroxyl groups is 1. The Morgan fingerprint density at radius 3 is 2.50 bits per heavy atom. The summed E-state index contributed by atoms with van der Waals surface area (Å²) in [5, 5.41) is 10.4. The van der Waals surface area contributed by atoms with Crippen molar-refractivity contribution in [2.75, 3.05) is 33.4 Å². The zero-order valence-corrected chi connectivity index (χ0v) is 11.7. The van der Waals surface area contributed by atoms with Crippen LogP contribution in [0.15, 0.2) is 0 Å². The van der Waals surface area contributed by atoms with E-state index in [2.05, 4.69) is 0 Å². The molecule has 0 saturated carbocycles. The van der Waals surface area contributed by atoms with Gasteiger partial charge in [0.05, 0.1) is 11.0 Å². The smallest absolute Gasteiger partial charge is 0.229 e. The molecular weight excluding hydrogens is 232 g/mol. The molecular formula is C13H26N2O3. The summed E-state index contributed by atoms with van der Waals surface area (Å²) in [4.78, 5) is 14.0. The minimum atomic E-state index is -0.814. The fourth-order valence-corrected chi connectivity index (χ4v) is 2.27. The lowest BCUT2D eigenvalue weighted by atomic mass is 9.85. The standard InChI is InChI=1S/C13H26N2O3/c1-4-12(2,9-14)11(16)15(3)10-13(17)5-7-18-8-6-13/h17H,4-10,14H2,1-3H3. The SMILES string of the molecule is CCC(C)(CN)C(=O)N(C)CC1(O)CCOCC1. The molecule has 1 unspecified atom stereocenters. The molecule has 0 bridgehead atoms. The quantitative estimate of drug-likeness (QED) is 0.746. The van der Waals surface area contributed by atoms with Crippen molar-refractivity contribution >= 4 is 5.91 Å². The molecule has 1 rings (SSSR count). The molecule has 0 aromatic carbocycles.